The SMILES string of the molecule is CC(N)=NCc1cccc(CNC(=O)[C@@H]2CCCN2)c1.Cl.Cl. The highest BCUT2D eigenvalue weighted by molar-refractivity contribution is 5.85. The molecule has 1 aliphatic heterocycles. The maximum absolute atomic E-state index is 11.9. The van der Waals surface area contributed by atoms with E-state index in [-0.39, 0.29) is 36.8 Å². The normalized spacial score (nSPS) is 17.3. The monoisotopic (exact) mass is 346 g/mol. The van der Waals surface area contributed by atoms with Crippen molar-refractivity contribution in [3.63, 3.8) is 0 Å². The van der Waals surface area contributed by atoms with Crippen molar-refractivity contribution in [1.29, 1.82) is 0 Å². The van der Waals surface area contributed by atoms with Gasteiger partial charge < -0.3 is 16.4 Å². The van der Waals surface area contributed by atoms with Crippen LogP contribution in [0.15, 0.2) is 29.3 Å². The van der Waals surface area contributed by atoms with E-state index in [2.05, 4.69) is 21.7 Å². The van der Waals surface area contributed by atoms with Gasteiger partial charge in [0.05, 0.1) is 18.4 Å². The van der Waals surface area contributed by atoms with E-state index in [1.807, 2.05) is 18.2 Å². The predicted octanol–water partition coefficient (Wildman–Crippen LogP) is 1.78. The van der Waals surface area contributed by atoms with Crippen molar-refractivity contribution in [2.24, 2.45) is 10.7 Å². The molecule has 124 valence electrons. The van der Waals surface area contributed by atoms with E-state index in [0.717, 1.165) is 30.5 Å². The van der Waals surface area contributed by atoms with Gasteiger partial charge in [0.2, 0.25) is 5.91 Å². The molecule has 1 fully saturated rings. The molecule has 0 aromatic heterocycles. The van der Waals surface area contributed by atoms with Crippen molar-refractivity contribution in [1.82, 2.24) is 10.6 Å². The van der Waals surface area contributed by atoms with Gasteiger partial charge in [0.25, 0.3) is 0 Å². The lowest BCUT2D eigenvalue weighted by molar-refractivity contribution is -0.122. The van der Waals surface area contributed by atoms with Crippen LogP contribution in [0.5, 0.6) is 0 Å². The summed E-state index contributed by atoms with van der Waals surface area (Å²) in [4.78, 5) is 16.1. The molecular formula is C15H24Cl2N4O. The second-order valence-electron chi connectivity index (χ2n) is 5.14. The summed E-state index contributed by atoms with van der Waals surface area (Å²) in [6, 6.07) is 8.02. The maximum Gasteiger partial charge on any atom is 0.237 e. The Bertz CT molecular complexity index is 498. The third-order valence-corrected chi connectivity index (χ3v) is 3.35. The maximum atomic E-state index is 11.9. The summed E-state index contributed by atoms with van der Waals surface area (Å²) in [5.41, 5.74) is 7.71. The first-order valence-electron chi connectivity index (χ1n) is 7.00. The smallest absolute Gasteiger partial charge is 0.237 e. The Morgan fingerprint density at radius 2 is 2.14 bits per heavy atom. The van der Waals surface area contributed by atoms with Crippen LogP contribution in [0.25, 0.3) is 0 Å². The molecule has 0 bridgehead atoms. The Balaban J connectivity index is 0.00000220. The van der Waals surface area contributed by atoms with Gasteiger partial charge in [0, 0.05) is 6.54 Å². The van der Waals surface area contributed by atoms with E-state index in [1.54, 1.807) is 6.92 Å². The van der Waals surface area contributed by atoms with Crippen molar-refractivity contribution >= 4 is 36.6 Å². The molecule has 22 heavy (non-hydrogen) atoms. The van der Waals surface area contributed by atoms with E-state index in [0.29, 0.717) is 18.9 Å². The van der Waals surface area contributed by atoms with Crippen LogP contribution in [0.1, 0.15) is 30.9 Å². The van der Waals surface area contributed by atoms with Crippen LogP contribution in [0.4, 0.5) is 0 Å². The predicted molar refractivity (Wildman–Crippen MR) is 94.8 cm³/mol. The zero-order valence-corrected chi connectivity index (χ0v) is 14.3. The van der Waals surface area contributed by atoms with Gasteiger partial charge in [0.15, 0.2) is 0 Å². The Kier molecular flexibility index (Phi) is 9.81. The van der Waals surface area contributed by atoms with Crippen molar-refractivity contribution in [2.45, 2.75) is 38.9 Å². The number of amidine groups is 1. The Hall–Kier alpha value is -1.30. The number of hydrogen-bond donors (Lipinski definition) is 3. The topological polar surface area (TPSA) is 79.5 Å². The van der Waals surface area contributed by atoms with E-state index in [4.69, 9.17) is 5.73 Å². The molecule has 1 atom stereocenters. The number of nitrogens with two attached hydrogens (primary N) is 1. The highest BCUT2D eigenvalue weighted by Crippen LogP contribution is 2.08. The van der Waals surface area contributed by atoms with Crippen molar-refractivity contribution < 1.29 is 4.79 Å². The number of benzene rings is 1. The largest absolute Gasteiger partial charge is 0.388 e. The summed E-state index contributed by atoms with van der Waals surface area (Å²) >= 11 is 0. The molecule has 7 heteroatoms. The minimum atomic E-state index is -0.0253. The quantitative estimate of drug-likeness (QED) is 0.561. The van der Waals surface area contributed by atoms with Crippen LogP contribution in [-0.2, 0) is 17.9 Å². The molecule has 2 rings (SSSR count). The number of halogens is 2. The Morgan fingerprint density at radius 1 is 1.41 bits per heavy atom. The molecule has 0 unspecified atom stereocenters. The first-order valence-corrected chi connectivity index (χ1v) is 7.00. The highest BCUT2D eigenvalue weighted by atomic mass is 35.5. The number of carbonyl (C=O) groups excluding carboxylic acids is 1. The van der Waals surface area contributed by atoms with E-state index < -0.39 is 0 Å². The fourth-order valence-electron chi connectivity index (χ4n) is 2.27. The van der Waals surface area contributed by atoms with Crippen molar-refractivity contribution in [2.75, 3.05) is 6.54 Å². The van der Waals surface area contributed by atoms with Crippen LogP contribution in [0, 0.1) is 0 Å². The summed E-state index contributed by atoms with van der Waals surface area (Å²) in [6.45, 7) is 3.84. The molecule has 1 aliphatic rings. The Labute approximate surface area is 144 Å². The van der Waals surface area contributed by atoms with Gasteiger partial charge in [-0.25, -0.2) is 0 Å². The summed E-state index contributed by atoms with van der Waals surface area (Å²) in [5.74, 6) is 0.666. The molecule has 0 radical (unpaired) electrons. The summed E-state index contributed by atoms with van der Waals surface area (Å²) < 4.78 is 0. The fourth-order valence-corrected chi connectivity index (χ4v) is 2.27. The second-order valence-corrected chi connectivity index (χ2v) is 5.14. The Morgan fingerprint density at radius 3 is 2.77 bits per heavy atom. The number of rotatable bonds is 5. The third-order valence-electron chi connectivity index (χ3n) is 3.35. The van der Waals surface area contributed by atoms with Gasteiger partial charge in [-0.2, -0.15) is 0 Å². The van der Waals surface area contributed by atoms with Crippen molar-refractivity contribution in [3.8, 4) is 0 Å². The summed E-state index contributed by atoms with van der Waals surface area (Å²) in [6.07, 6.45) is 2.00. The highest BCUT2D eigenvalue weighted by Gasteiger charge is 2.21. The van der Waals surface area contributed by atoms with E-state index >= 15 is 0 Å². The number of hydrogen-bond acceptors (Lipinski definition) is 3. The number of aliphatic imine (C=N–C) groups is 1. The summed E-state index contributed by atoms with van der Waals surface area (Å²) in [5, 5.41) is 6.16. The molecule has 5 nitrogen and oxygen atoms in total. The molecule has 1 aromatic carbocycles. The summed E-state index contributed by atoms with van der Waals surface area (Å²) in [7, 11) is 0. The van der Waals surface area contributed by atoms with Crippen LogP contribution in [-0.4, -0.2) is 24.3 Å². The average Bonchev–Trinajstić information content (AvgIpc) is 2.97. The van der Waals surface area contributed by atoms with Crippen LogP contribution >= 0.6 is 24.8 Å². The lowest BCUT2D eigenvalue weighted by Gasteiger charge is -2.11. The van der Waals surface area contributed by atoms with Gasteiger partial charge in [-0.05, 0) is 37.4 Å². The van der Waals surface area contributed by atoms with Gasteiger partial charge in [-0.3, -0.25) is 9.79 Å². The molecule has 1 saturated heterocycles. The number of amides is 1. The molecule has 1 heterocycles. The minimum Gasteiger partial charge on any atom is -0.388 e. The van der Waals surface area contributed by atoms with Gasteiger partial charge in [-0.1, -0.05) is 24.3 Å². The van der Waals surface area contributed by atoms with Gasteiger partial charge >= 0.3 is 0 Å². The average molecular weight is 347 g/mol. The molecule has 1 amide bonds. The number of carbonyl (C=O) groups is 1. The molecule has 0 saturated carbocycles. The van der Waals surface area contributed by atoms with E-state index in [9.17, 15) is 4.79 Å². The lowest BCUT2D eigenvalue weighted by Crippen LogP contribution is -2.39. The fraction of sp³-hybridized carbons (Fsp3) is 0.467. The molecule has 1 aromatic rings. The first kappa shape index (κ1) is 20.7. The molecule has 0 aliphatic carbocycles. The zero-order chi connectivity index (χ0) is 14.4. The molecule has 0 spiro atoms. The van der Waals surface area contributed by atoms with Gasteiger partial charge in [-0.15, -0.1) is 24.8 Å². The van der Waals surface area contributed by atoms with Crippen molar-refractivity contribution in [3.05, 3.63) is 35.4 Å². The molecule has 4 N–H and O–H groups in total. The van der Waals surface area contributed by atoms with Gasteiger partial charge in [0.1, 0.15) is 0 Å². The first-order chi connectivity index (χ1) is 9.65. The molecular weight excluding hydrogens is 323 g/mol. The van der Waals surface area contributed by atoms with E-state index in [1.165, 1.54) is 0 Å². The van der Waals surface area contributed by atoms with Crippen LogP contribution < -0.4 is 16.4 Å². The second kappa shape index (κ2) is 10.4. The third kappa shape index (κ3) is 6.64. The minimum absolute atomic E-state index is 0. The zero-order valence-electron chi connectivity index (χ0n) is 12.7. The van der Waals surface area contributed by atoms with Crippen LogP contribution in [0.3, 0.4) is 0 Å². The number of nitrogens with one attached hydrogen (secondary N) is 2. The lowest BCUT2D eigenvalue weighted by atomic mass is 10.1. The van der Waals surface area contributed by atoms with Crippen LogP contribution in [0.2, 0.25) is 0 Å². The standard InChI is InChI=1S/C15H22N4O.2ClH/c1-11(16)18-9-12-4-2-5-13(8-12)10-19-15(20)14-6-3-7-17-14;;/h2,4-5,8,14,17H,3,6-7,9-10H2,1H3,(H2,16,18)(H,19,20);2*1H/t14-;;/m0../s1. The number of nitrogens with zero attached hydrogens (tertiary/aromatic N) is 1.